The van der Waals surface area contributed by atoms with Crippen LogP contribution in [-0.4, -0.2) is 25.3 Å². The van der Waals surface area contributed by atoms with Gasteiger partial charge in [-0.2, -0.15) is 10.1 Å². The van der Waals surface area contributed by atoms with Gasteiger partial charge in [0.25, 0.3) is 5.56 Å². The number of nitrogens with zero attached hydrogens (tertiary/aromatic N) is 4. The van der Waals surface area contributed by atoms with E-state index in [2.05, 4.69) is 20.5 Å². The number of aromatic amines is 1. The molecule has 4 rings (SSSR count). The van der Waals surface area contributed by atoms with Gasteiger partial charge in [0.05, 0.1) is 12.8 Å². The van der Waals surface area contributed by atoms with Gasteiger partial charge in [0.1, 0.15) is 0 Å². The van der Waals surface area contributed by atoms with Crippen LogP contribution in [0.5, 0.6) is 0 Å². The summed E-state index contributed by atoms with van der Waals surface area (Å²) in [6.45, 7) is 2.39. The normalized spacial score (nSPS) is 11.4. The number of hydrazone groups is 1. The Morgan fingerprint density at radius 2 is 1.97 bits per heavy atom. The molecule has 0 fully saturated rings. The molecule has 2 N–H and O–H groups in total. The first kappa shape index (κ1) is 19.7. The zero-order chi connectivity index (χ0) is 21.3. The van der Waals surface area contributed by atoms with E-state index >= 15 is 0 Å². The van der Waals surface area contributed by atoms with E-state index in [4.69, 9.17) is 11.6 Å². The molecule has 0 bridgehead atoms. The Morgan fingerprint density at radius 1 is 1.20 bits per heavy atom. The maximum atomic E-state index is 12.6. The molecule has 0 spiro atoms. The van der Waals surface area contributed by atoms with E-state index in [1.165, 1.54) is 4.57 Å². The van der Waals surface area contributed by atoms with Gasteiger partial charge in [-0.3, -0.25) is 18.9 Å². The summed E-state index contributed by atoms with van der Waals surface area (Å²) in [5, 5.41) is 4.88. The minimum Gasteiger partial charge on any atom is -0.298 e. The number of anilines is 1. The molecule has 2 aromatic heterocycles. The van der Waals surface area contributed by atoms with Gasteiger partial charge in [0, 0.05) is 12.1 Å². The van der Waals surface area contributed by atoms with Crippen LogP contribution in [0.3, 0.4) is 0 Å². The smallest absolute Gasteiger partial charge is 0.298 e. The fourth-order valence-corrected chi connectivity index (χ4v) is 3.31. The van der Waals surface area contributed by atoms with Crippen molar-refractivity contribution in [1.82, 2.24) is 19.1 Å². The van der Waals surface area contributed by atoms with Crippen LogP contribution in [0.2, 0.25) is 5.02 Å². The summed E-state index contributed by atoms with van der Waals surface area (Å²) in [4.78, 5) is 31.4. The number of hydrogen-bond acceptors (Lipinski definition) is 5. The van der Waals surface area contributed by atoms with Gasteiger partial charge in [-0.25, -0.2) is 10.2 Å². The molecule has 0 amide bonds. The maximum Gasteiger partial charge on any atom is 0.329 e. The fraction of sp³-hybridized carbons (Fsp3) is 0.143. The maximum absolute atomic E-state index is 12.6. The van der Waals surface area contributed by atoms with Crippen LogP contribution in [0.1, 0.15) is 16.7 Å². The zero-order valence-corrected chi connectivity index (χ0v) is 17.1. The average molecular weight is 423 g/mol. The lowest BCUT2D eigenvalue weighted by Gasteiger charge is -2.09. The summed E-state index contributed by atoms with van der Waals surface area (Å²) in [7, 11) is 1.56. The number of H-pyrrole nitrogens is 1. The van der Waals surface area contributed by atoms with Crippen LogP contribution >= 0.6 is 11.6 Å². The highest BCUT2D eigenvalue weighted by Crippen LogP contribution is 2.18. The molecular formula is C21H19ClN6O2. The number of benzene rings is 2. The number of aryl methyl sites for hydroxylation is 2. The van der Waals surface area contributed by atoms with Crippen molar-refractivity contribution in [3.63, 3.8) is 0 Å². The first-order chi connectivity index (χ1) is 14.4. The molecule has 4 aromatic rings. The Hall–Kier alpha value is -3.65. The molecule has 0 saturated heterocycles. The van der Waals surface area contributed by atoms with E-state index in [-0.39, 0.29) is 5.65 Å². The second-order valence-corrected chi connectivity index (χ2v) is 7.36. The summed E-state index contributed by atoms with van der Waals surface area (Å²) in [6, 6.07) is 15.2. The zero-order valence-electron chi connectivity index (χ0n) is 16.4. The molecule has 0 aliphatic rings. The topological polar surface area (TPSA) is 97.1 Å². The van der Waals surface area contributed by atoms with Gasteiger partial charge in [-0.05, 0) is 30.2 Å². The molecule has 9 heteroatoms. The molecule has 0 aliphatic heterocycles. The Bertz CT molecular complexity index is 1370. The molecule has 152 valence electrons. The second kappa shape index (κ2) is 8.00. The minimum absolute atomic E-state index is 0.278. The van der Waals surface area contributed by atoms with Crippen molar-refractivity contribution in [2.75, 3.05) is 5.43 Å². The van der Waals surface area contributed by atoms with E-state index in [0.717, 1.165) is 16.7 Å². The first-order valence-electron chi connectivity index (χ1n) is 9.22. The van der Waals surface area contributed by atoms with E-state index in [9.17, 15) is 9.59 Å². The Balaban J connectivity index is 1.78. The molecule has 0 unspecified atom stereocenters. The first-order valence-corrected chi connectivity index (χ1v) is 9.60. The van der Waals surface area contributed by atoms with Gasteiger partial charge in [-0.15, -0.1) is 0 Å². The molecular weight excluding hydrogens is 404 g/mol. The molecule has 0 saturated carbocycles. The fourth-order valence-electron chi connectivity index (χ4n) is 3.18. The molecule has 30 heavy (non-hydrogen) atoms. The van der Waals surface area contributed by atoms with Gasteiger partial charge >= 0.3 is 5.69 Å². The van der Waals surface area contributed by atoms with Crippen LogP contribution in [-0.2, 0) is 13.6 Å². The molecule has 8 nitrogen and oxygen atoms in total. The highest BCUT2D eigenvalue weighted by Gasteiger charge is 2.17. The lowest BCUT2D eigenvalue weighted by atomic mass is 10.1. The van der Waals surface area contributed by atoms with Crippen molar-refractivity contribution in [3.05, 3.63) is 91.1 Å². The molecule has 2 aromatic carbocycles. The minimum atomic E-state index is -0.524. The number of rotatable bonds is 5. The van der Waals surface area contributed by atoms with E-state index in [1.807, 2.05) is 43.3 Å². The van der Waals surface area contributed by atoms with Gasteiger partial charge < -0.3 is 0 Å². The van der Waals surface area contributed by atoms with Crippen molar-refractivity contribution < 1.29 is 0 Å². The Morgan fingerprint density at radius 3 is 2.70 bits per heavy atom. The molecule has 0 aliphatic carbocycles. The van der Waals surface area contributed by atoms with Crippen molar-refractivity contribution in [3.8, 4) is 0 Å². The number of nitrogens with one attached hydrogen (secondary N) is 2. The van der Waals surface area contributed by atoms with Gasteiger partial charge in [0.15, 0.2) is 11.2 Å². The highest BCUT2D eigenvalue weighted by molar-refractivity contribution is 6.30. The lowest BCUT2D eigenvalue weighted by molar-refractivity contribution is 0.808. The second-order valence-electron chi connectivity index (χ2n) is 6.92. The van der Waals surface area contributed by atoms with Crippen LogP contribution in [0.15, 0.2) is 63.2 Å². The number of hydrogen-bond donors (Lipinski definition) is 2. The van der Waals surface area contributed by atoms with Gasteiger partial charge in [-0.1, -0.05) is 53.6 Å². The molecule has 2 heterocycles. The van der Waals surface area contributed by atoms with Crippen molar-refractivity contribution in [2.45, 2.75) is 13.5 Å². The van der Waals surface area contributed by atoms with Crippen molar-refractivity contribution in [2.24, 2.45) is 12.1 Å². The van der Waals surface area contributed by atoms with Crippen molar-refractivity contribution in [1.29, 1.82) is 0 Å². The Labute approximate surface area is 176 Å². The third kappa shape index (κ3) is 3.90. The van der Waals surface area contributed by atoms with Crippen LogP contribution < -0.4 is 16.7 Å². The largest absolute Gasteiger partial charge is 0.329 e. The highest BCUT2D eigenvalue weighted by atomic mass is 35.5. The lowest BCUT2D eigenvalue weighted by Crippen LogP contribution is -2.29. The molecule has 0 radical (unpaired) electrons. The monoisotopic (exact) mass is 422 g/mol. The number of fused-ring (bicyclic) bond motifs is 1. The number of halogens is 1. The summed E-state index contributed by atoms with van der Waals surface area (Å²) in [5.74, 6) is 0.350. The van der Waals surface area contributed by atoms with Crippen LogP contribution in [0, 0.1) is 6.92 Å². The number of aromatic nitrogens is 4. The third-order valence-corrected chi connectivity index (χ3v) is 4.93. The van der Waals surface area contributed by atoms with Gasteiger partial charge in [0.2, 0.25) is 5.95 Å². The predicted molar refractivity (Wildman–Crippen MR) is 119 cm³/mol. The number of imidazole rings is 1. The summed E-state index contributed by atoms with van der Waals surface area (Å²) in [6.07, 6.45) is 1.62. The summed E-state index contributed by atoms with van der Waals surface area (Å²) >= 11 is 5.90. The summed E-state index contributed by atoms with van der Waals surface area (Å²) < 4.78 is 3.01. The van der Waals surface area contributed by atoms with E-state index in [0.29, 0.717) is 23.0 Å². The van der Waals surface area contributed by atoms with E-state index in [1.54, 1.807) is 30.0 Å². The SMILES string of the molecule is Cc1cccc(Cn2c(N/N=C/c3ccc(Cl)cc3)nc3c2c(=O)[nH]c(=O)n3C)c1. The van der Waals surface area contributed by atoms with Crippen LogP contribution in [0.25, 0.3) is 11.2 Å². The third-order valence-electron chi connectivity index (χ3n) is 4.68. The average Bonchev–Trinajstić information content (AvgIpc) is 3.07. The quantitative estimate of drug-likeness (QED) is 0.381. The predicted octanol–water partition coefficient (Wildman–Crippen LogP) is 2.88. The Kier molecular flexibility index (Phi) is 5.24. The standard InChI is InChI=1S/C21H19ClN6O2/c1-13-4-3-5-15(10-13)12-28-17-18(27(2)21(30)25-19(17)29)24-20(28)26-23-11-14-6-8-16(22)9-7-14/h3-11H,12H2,1-2H3,(H,24,26)(H,25,29,30)/b23-11+. The van der Waals surface area contributed by atoms with Crippen molar-refractivity contribution >= 4 is 34.9 Å². The van der Waals surface area contributed by atoms with E-state index < -0.39 is 11.2 Å². The summed E-state index contributed by atoms with van der Waals surface area (Å²) in [5.41, 5.74) is 5.39. The van der Waals surface area contributed by atoms with Crippen LogP contribution in [0.4, 0.5) is 5.95 Å². The molecule has 0 atom stereocenters.